The van der Waals surface area contributed by atoms with Crippen LogP contribution in [0.2, 0.25) is 0 Å². The van der Waals surface area contributed by atoms with Crippen LogP contribution in [-0.2, 0) is 19.1 Å². The first-order chi connectivity index (χ1) is 14.4. The number of methoxy groups -OCH3 is 1. The summed E-state index contributed by atoms with van der Waals surface area (Å²) in [6.45, 7) is 3.50. The van der Waals surface area contributed by atoms with Gasteiger partial charge in [0.1, 0.15) is 19.2 Å². The predicted molar refractivity (Wildman–Crippen MR) is 112 cm³/mol. The van der Waals surface area contributed by atoms with Crippen LogP contribution in [0.25, 0.3) is 11.1 Å². The van der Waals surface area contributed by atoms with Gasteiger partial charge in [0, 0.05) is 5.92 Å². The molecule has 1 aliphatic rings. The van der Waals surface area contributed by atoms with Gasteiger partial charge in [0.2, 0.25) is 5.91 Å². The summed E-state index contributed by atoms with van der Waals surface area (Å²) in [7, 11) is 1.24. The average Bonchev–Trinajstić information content (AvgIpc) is 3.07. The maximum atomic E-state index is 12.4. The van der Waals surface area contributed by atoms with Crippen molar-refractivity contribution in [3.63, 3.8) is 0 Å². The summed E-state index contributed by atoms with van der Waals surface area (Å²) in [6, 6.07) is 15.3. The second kappa shape index (κ2) is 9.43. The van der Waals surface area contributed by atoms with E-state index in [2.05, 4.69) is 27.5 Å². The van der Waals surface area contributed by atoms with Gasteiger partial charge in [0.15, 0.2) is 0 Å². The van der Waals surface area contributed by atoms with E-state index in [-0.39, 0.29) is 25.0 Å². The molecule has 1 aliphatic carbocycles. The Morgan fingerprint density at radius 3 is 2.07 bits per heavy atom. The summed E-state index contributed by atoms with van der Waals surface area (Å²) in [5, 5.41) is 5.06. The van der Waals surface area contributed by atoms with Crippen LogP contribution in [0.5, 0.6) is 0 Å². The molecule has 0 aromatic heterocycles. The van der Waals surface area contributed by atoms with Crippen molar-refractivity contribution >= 4 is 18.0 Å². The fraction of sp³-hybridized carbons (Fsp3) is 0.348. The lowest BCUT2D eigenvalue weighted by Gasteiger charge is -2.22. The molecule has 2 aromatic rings. The fourth-order valence-corrected chi connectivity index (χ4v) is 3.64. The molecule has 3 rings (SSSR count). The van der Waals surface area contributed by atoms with Crippen molar-refractivity contribution < 1.29 is 23.9 Å². The first-order valence-electron chi connectivity index (χ1n) is 9.88. The van der Waals surface area contributed by atoms with Gasteiger partial charge in [-0.05, 0) is 28.2 Å². The zero-order chi connectivity index (χ0) is 21.7. The number of hydrogen-bond donors (Lipinski definition) is 2. The molecule has 0 aliphatic heterocycles. The minimum Gasteiger partial charge on any atom is -0.468 e. The molecule has 2 N–H and O–H groups in total. The molecule has 0 saturated heterocycles. The number of alkyl carbamates (subject to hydrolysis) is 1. The smallest absolute Gasteiger partial charge is 0.407 e. The Kier molecular flexibility index (Phi) is 6.72. The van der Waals surface area contributed by atoms with Crippen LogP contribution < -0.4 is 10.6 Å². The van der Waals surface area contributed by atoms with Crippen LogP contribution in [0.3, 0.4) is 0 Å². The summed E-state index contributed by atoms with van der Waals surface area (Å²) in [5.41, 5.74) is 4.51. The largest absolute Gasteiger partial charge is 0.468 e. The van der Waals surface area contributed by atoms with Crippen molar-refractivity contribution in [2.75, 3.05) is 20.3 Å². The lowest BCUT2D eigenvalue weighted by molar-refractivity contribution is -0.141. The molecule has 2 amide bonds. The van der Waals surface area contributed by atoms with Crippen molar-refractivity contribution in [3.05, 3.63) is 59.7 Å². The Labute approximate surface area is 175 Å². The number of carbonyl (C=O) groups is 3. The Hall–Kier alpha value is -3.35. The van der Waals surface area contributed by atoms with Gasteiger partial charge < -0.3 is 20.1 Å². The Bertz CT molecular complexity index is 895. The van der Waals surface area contributed by atoms with Crippen molar-refractivity contribution in [2.24, 2.45) is 5.92 Å². The van der Waals surface area contributed by atoms with Gasteiger partial charge in [-0.1, -0.05) is 62.4 Å². The number of amides is 2. The van der Waals surface area contributed by atoms with Crippen LogP contribution in [0.15, 0.2) is 48.5 Å². The minimum atomic E-state index is -0.828. The summed E-state index contributed by atoms with van der Waals surface area (Å²) in [5.74, 6) is -1.28. The van der Waals surface area contributed by atoms with Gasteiger partial charge >= 0.3 is 12.1 Å². The van der Waals surface area contributed by atoms with E-state index in [0.717, 1.165) is 22.3 Å². The van der Waals surface area contributed by atoms with Crippen molar-refractivity contribution in [3.8, 4) is 11.1 Å². The summed E-state index contributed by atoms with van der Waals surface area (Å²) < 4.78 is 10.0. The topological polar surface area (TPSA) is 93.7 Å². The highest BCUT2D eigenvalue weighted by Crippen LogP contribution is 2.44. The minimum absolute atomic E-state index is 0.0613. The molecule has 0 saturated carbocycles. The number of nitrogens with one attached hydrogen (secondary N) is 2. The highest BCUT2D eigenvalue weighted by Gasteiger charge is 2.30. The number of esters is 1. The first kappa shape index (κ1) is 21.4. The van der Waals surface area contributed by atoms with Gasteiger partial charge in [0.05, 0.1) is 7.11 Å². The second-order valence-electron chi connectivity index (χ2n) is 7.49. The van der Waals surface area contributed by atoms with Crippen molar-refractivity contribution in [2.45, 2.75) is 25.8 Å². The van der Waals surface area contributed by atoms with Crippen LogP contribution >= 0.6 is 0 Å². The zero-order valence-electron chi connectivity index (χ0n) is 17.3. The van der Waals surface area contributed by atoms with Crippen LogP contribution in [0.1, 0.15) is 30.9 Å². The SMILES string of the molecule is COC(=O)CNC(=O)[C@H](NC(=O)OCC1c2ccccc2-c2ccccc21)C(C)C. The Morgan fingerprint density at radius 1 is 0.967 bits per heavy atom. The summed E-state index contributed by atoms with van der Waals surface area (Å²) in [4.78, 5) is 36.0. The third-order valence-electron chi connectivity index (χ3n) is 5.20. The Balaban J connectivity index is 1.63. The van der Waals surface area contributed by atoms with Crippen molar-refractivity contribution in [1.82, 2.24) is 10.6 Å². The van der Waals surface area contributed by atoms with E-state index in [4.69, 9.17) is 4.74 Å². The third kappa shape index (κ3) is 4.62. The lowest BCUT2D eigenvalue weighted by atomic mass is 9.98. The van der Waals surface area contributed by atoms with Crippen LogP contribution in [0.4, 0.5) is 4.79 Å². The molecule has 0 radical (unpaired) electrons. The third-order valence-corrected chi connectivity index (χ3v) is 5.20. The predicted octanol–water partition coefficient (Wildman–Crippen LogP) is 2.84. The monoisotopic (exact) mass is 410 g/mol. The normalized spacial score (nSPS) is 13.2. The molecular weight excluding hydrogens is 384 g/mol. The van der Waals surface area contributed by atoms with Gasteiger partial charge in [-0.3, -0.25) is 9.59 Å². The molecule has 0 heterocycles. The second-order valence-corrected chi connectivity index (χ2v) is 7.49. The van der Waals surface area contributed by atoms with Gasteiger partial charge in [-0.15, -0.1) is 0 Å². The number of carbonyl (C=O) groups excluding carboxylic acids is 3. The lowest BCUT2D eigenvalue weighted by Crippen LogP contribution is -2.50. The number of ether oxygens (including phenoxy) is 2. The fourth-order valence-electron chi connectivity index (χ4n) is 3.64. The molecule has 30 heavy (non-hydrogen) atoms. The first-order valence-corrected chi connectivity index (χ1v) is 9.88. The molecular formula is C23H26N2O5. The highest BCUT2D eigenvalue weighted by atomic mass is 16.5. The molecule has 7 heteroatoms. The van der Waals surface area contributed by atoms with E-state index in [1.54, 1.807) is 13.8 Å². The van der Waals surface area contributed by atoms with Gasteiger partial charge in [0.25, 0.3) is 0 Å². The molecule has 7 nitrogen and oxygen atoms in total. The van der Waals surface area contributed by atoms with Gasteiger partial charge in [-0.2, -0.15) is 0 Å². The van der Waals surface area contributed by atoms with E-state index in [1.165, 1.54) is 7.11 Å². The van der Waals surface area contributed by atoms with E-state index in [0.29, 0.717) is 0 Å². The molecule has 0 spiro atoms. The molecule has 0 fully saturated rings. The van der Waals surface area contributed by atoms with E-state index >= 15 is 0 Å². The summed E-state index contributed by atoms with van der Waals surface area (Å²) in [6.07, 6.45) is -0.677. The number of benzene rings is 2. The van der Waals surface area contributed by atoms with Crippen molar-refractivity contribution in [1.29, 1.82) is 0 Å². The molecule has 0 bridgehead atoms. The number of fused-ring (bicyclic) bond motifs is 3. The van der Waals surface area contributed by atoms with E-state index in [1.807, 2.05) is 36.4 Å². The number of hydrogen-bond acceptors (Lipinski definition) is 5. The Morgan fingerprint density at radius 2 is 1.53 bits per heavy atom. The van der Waals surface area contributed by atoms with E-state index < -0.39 is 24.0 Å². The maximum Gasteiger partial charge on any atom is 0.407 e. The molecule has 0 unspecified atom stereocenters. The molecule has 2 aromatic carbocycles. The standard InChI is InChI=1S/C23H26N2O5/c1-14(2)21(22(27)24-12-20(26)29-3)25-23(28)30-13-19-17-10-6-4-8-15(17)16-9-5-7-11-18(16)19/h4-11,14,19,21H,12-13H2,1-3H3,(H,24,27)(H,25,28)/t21-/m1/s1. The molecule has 1 atom stereocenters. The average molecular weight is 410 g/mol. The van der Waals surface area contributed by atoms with Crippen LogP contribution in [-0.4, -0.2) is 44.3 Å². The van der Waals surface area contributed by atoms with Crippen LogP contribution in [0, 0.1) is 5.92 Å². The highest BCUT2D eigenvalue weighted by molar-refractivity contribution is 5.88. The summed E-state index contributed by atoms with van der Waals surface area (Å²) >= 11 is 0. The van der Waals surface area contributed by atoms with Gasteiger partial charge in [-0.25, -0.2) is 4.79 Å². The van der Waals surface area contributed by atoms with E-state index in [9.17, 15) is 14.4 Å². The quantitative estimate of drug-likeness (QED) is 0.685. The number of rotatable bonds is 7. The zero-order valence-corrected chi connectivity index (χ0v) is 17.3. The maximum absolute atomic E-state index is 12.4. The molecule has 158 valence electrons.